The number of esters is 3. The molecule has 2 aromatic carbocycles. The van der Waals surface area contributed by atoms with E-state index in [1.165, 1.54) is 39.3 Å². The molecule has 0 unspecified atom stereocenters. The summed E-state index contributed by atoms with van der Waals surface area (Å²) in [6.45, 7) is 5.03. The van der Waals surface area contributed by atoms with Gasteiger partial charge in [0.1, 0.15) is 18.1 Å². The largest absolute Gasteiger partial charge is 0.467 e. The van der Waals surface area contributed by atoms with Gasteiger partial charge >= 0.3 is 17.9 Å². The van der Waals surface area contributed by atoms with E-state index in [2.05, 4.69) is 38.5 Å². The fraction of sp³-hybridized carbons (Fsp3) is 0.419. The fourth-order valence-electron chi connectivity index (χ4n) is 4.41. The maximum absolute atomic E-state index is 13.6. The number of hydrogen-bond donors (Lipinski definition) is 3. The van der Waals surface area contributed by atoms with Crippen molar-refractivity contribution in [2.45, 2.75) is 58.2 Å². The summed E-state index contributed by atoms with van der Waals surface area (Å²) in [5, 5.41) is 8.01. The van der Waals surface area contributed by atoms with Gasteiger partial charge < -0.3 is 30.2 Å². The summed E-state index contributed by atoms with van der Waals surface area (Å²) in [5.74, 6) is -3.88. The average Bonchev–Trinajstić information content (AvgIpc) is 2.99. The molecule has 238 valence electrons. The molecular weight excluding hydrogens is 685 g/mol. The minimum absolute atomic E-state index is 0.0283. The Labute approximate surface area is 270 Å². The highest BCUT2D eigenvalue weighted by atomic mass is 127. The molecule has 0 spiro atoms. The Morgan fingerprint density at radius 2 is 1.18 bits per heavy atom. The van der Waals surface area contributed by atoms with E-state index in [1.807, 2.05) is 38.1 Å². The molecule has 0 fully saturated rings. The van der Waals surface area contributed by atoms with Crippen LogP contribution in [0.1, 0.15) is 59.0 Å². The van der Waals surface area contributed by atoms with Crippen LogP contribution in [0.25, 0.3) is 0 Å². The van der Waals surface area contributed by atoms with E-state index in [0.717, 1.165) is 16.2 Å². The van der Waals surface area contributed by atoms with Crippen molar-refractivity contribution >= 4 is 58.2 Å². The molecule has 0 aliphatic carbocycles. The van der Waals surface area contributed by atoms with E-state index >= 15 is 0 Å². The standard InChI is InChI=1S/C31H38IN3O9/c1-17(2)13-26(31(41)44-6)35-28(38)25(15-19-7-10-21(32)11-8-19)34-27(37)24(33-18(3)36)16-20-9-12-22(29(39)42-4)23(14-20)30(40)43-5/h7-12,14,17,24-26H,13,15-16H2,1-6H3,(H,33,36)(H,34,37)(H,35,38)/t24-,25-,26-/m0/s1. The van der Waals surface area contributed by atoms with Gasteiger partial charge in [-0.1, -0.05) is 32.0 Å². The molecule has 0 aliphatic heterocycles. The monoisotopic (exact) mass is 723 g/mol. The van der Waals surface area contributed by atoms with Gasteiger partial charge in [-0.25, -0.2) is 14.4 Å². The smallest absolute Gasteiger partial charge is 0.338 e. The van der Waals surface area contributed by atoms with E-state index < -0.39 is 53.8 Å². The quantitative estimate of drug-likeness (QED) is 0.151. The summed E-state index contributed by atoms with van der Waals surface area (Å²) in [6, 6.07) is 8.41. The van der Waals surface area contributed by atoms with Gasteiger partial charge in [0.2, 0.25) is 17.7 Å². The van der Waals surface area contributed by atoms with Gasteiger partial charge in [0.25, 0.3) is 0 Å². The first kappa shape index (κ1) is 36.2. The molecule has 0 saturated heterocycles. The summed E-state index contributed by atoms with van der Waals surface area (Å²) < 4.78 is 15.4. The number of hydrogen-bond acceptors (Lipinski definition) is 9. The highest BCUT2D eigenvalue weighted by Gasteiger charge is 2.31. The lowest BCUT2D eigenvalue weighted by molar-refractivity contribution is -0.146. The lowest BCUT2D eigenvalue weighted by Crippen LogP contribution is -2.57. The van der Waals surface area contributed by atoms with Crippen LogP contribution in [-0.2, 0) is 46.2 Å². The molecule has 0 aromatic heterocycles. The van der Waals surface area contributed by atoms with E-state index in [4.69, 9.17) is 14.2 Å². The molecule has 0 radical (unpaired) electrons. The third-order valence-electron chi connectivity index (χ3n) is 6.52. The minimum Gasteiger partial charge on any atom is -0.467 e. The molecule has 3 atom stereocenters. The lowest BCUT2D eigenvalue weighted by Gasteiger charge is -2.25. The van der Waals surface area contributed by atoms with Crippen LogP contribution in [0.4, 0.5) is 0 Å². The number of methoxy groups -OCH3 is 3. The van der Waals surface area contributed by atoms with Crippen LogP contribution < -0.4 is 16.0 Å². The molecule has 0 aliphatic rings. The molecule has 0 heterocycles. The zero-order valence-corrected chi connectivity index (χ0v) is 27.7. The third-order valence-corrected chi connectivity index (χ3v) is 7.24. The van der Waals surface area contributed by atoms with E-state index in [0.29, 0.717) is 12.0 Å². The second kappa shape index (κ2) is 17.3. The predicted octanol–water partition coefficient (Wildman–Crippen LogP) is 2.34. The molecular formula is C31H38IN3O9. The van der Waals surface area contributed by atoms with Gasteiger partial charge in [-0.15, -0.1) is 0 Å². The molecule has 2 rings (SSSR count). The van der Waals surface area contributed by atoms with Crippen molar-refractivity contribution in [1.29, 1.82) is 0 Å². The molecule has 13 heteroatoms. The van der Waals surface area contributed by atoms with Gasteiger partial charge in [0, 0.05) is 23.3 Å². The van der Waals surface area contributed by atoms with Gasteiger partial charge in [-0.05, 0) is 70.3 Å². The first-order valence-corrected chi connectivity index (χ1v) is 14.9. The second-order valence-corrected chi connectivity index (χ2v) is 11.7. The molecule has 3 amide bonds. The zero-order chi connectivity index (χ0) is 33.0. The average molecular weight is 724 g/mol. The third kappa shape index (κ3) is 10.9. The van der Waals surface area contributed by atoms with Crippen LogP contribution in [-0.4, -0.2) is 75.1 Å². The second-order valence-electron chi connectivity index (χ2n) is 10.4. The lowest BCUT2D eigenvalue weighted by atomic mass is 9.98. The topological polar surface area (TPSA) is 166 Å². The van der Waals surface area contributed by atoms with Crippen molar-refractivity contribution in [3.63, 3.8) is 0 Å². The zero-order valence-electron chi connectivity index (χ0n) is 25.5. The Bertz CT molecular complexity index is 1360. The number of halogens is 1. The minimum atomic E-state index is -1.17. The van der Waals surface area contributed by atoms with Crippen molar-refractivity contribution in [3.8, 4) is 0 Å². The summed E-state index contributed by atoms with van der Waals surface area (Å²) in [4.78, 5) is 76.2. The number of carbonyl (C=O) groups is 6. The molecule has 44 heavy (non-hydrogen) atoms. The number of rotatable bonds is 14. The predicted molar refractivity (Wildman–Crippen MR) is 169 cm³/mol. The van der Waals surface area contributed by atoms with Crippen molar-refractivity contribution in [2.75, 3.05) is 21.3 Å². The van der Waals surface area contributed by atoms with E-state index in [9.17, 15) is 28.8 Å². The Morgan fingerprint density at radius 3 is 1.70 bits per heavy atom. The number of ether oxygens (including phenoxy) is 3. The van der Waals surface area contributed by atoms with Crippen molar-refractivity contribution < 1.29 is 43.0 Å². The maximum Gasteiger partial charge on any atom is 0.338 e. The SMILES string of the molecule is COC(=O)c1ccc(C[C@H](NC(C)=O)C(=O)N[C@@H](Cc2ccc(I)cc2)C(=O)N[C@@H](CC(C)C)C(=O)OC)cc1C(=O)OC. The van der Waals surface area contributed by atoms with Gasteiger partial charge in [-0.2, -0.15) is 0 Å². The number of nitrogens with one attached hydrogen (secondary N) is 3. The van der Waals surface area contributed by atoms with Crippen LogP contribution >= 0.6 is 22.6 Å². The fourth-order valence-corrected chi connectivity index (χ4v) is 4.77. The first-order chi connectivity index (χ1) is 20.8. The van der Waals surface area contributed by atoms with Gasteiger partial charge in [-0.3, -0.25) is 14.4 Å². The molecule has 0 bridgehead atoms. The van der Waals surface area contributed by atoms with Crippen molar-refractivity contribution in [1.82, 2.24) is 16.0 Å². The van der Waals surface area contributed by atoms with E-state index in [-0.39, 0.29) is 29.9 Å². The Kier molecular flexibility index (Phi) is 14.2. The van der Waals surface area contributed by atoms with Crippen LogP contribution in [0, 0.1) is 9.49 Å². The van der Waals surface area contributed by atoms with Crippen LogP contribution in [0.15, 0.2) is 42.5 Å². The molecule has 0 saturated carbocycles. The summed E-state index contributed by atoms with van der Waals surface area (Å²) in [7, 11) is 3.57. The maximum atomic E-state index is 13.6. The Morgan fingerprint density at radius 1 is 0.682 bits per heavy atom. The Balaban J connectivity index is 2.41. The normalized spacial score (nSPS) is 12.7. The van der Waals surface area contributed by atoms with Gasteiger partial charge in [0.15, 0.2) is 0 Å². The van der Waals surface area contributed by atoms with Crippen LogP contribution in [0.5, 0.6) is 0 Å². The van der Waals surface area contributed by atoms with Crippen molar-refractivity contribution in [3.05, 3.63) is 68.3 Å². The summed E-state index contributed by atoms with van der Waals surface area (Å²) in [5.41, 5.74) is 1.07. The number of carbonyl (C=O) groups excluding carboxylic acids is 6. The highest BCUT2D eigenvalue weighted by molar-refractivity contribution is 14.1. The number of amides is 3. The Hall–Kier alpha value is -4.01. The molecule has 12 nitrogen and oxygen atoms in total. The molecule has 3 N–H and O–H groups in total. The first-order valence-electron chi connectivity index (χ1n) is 13.8. The summed E-state index contributed by atoms with van der Waals surface area (Å²) >= 11 is 2.15. The number of benzene rings is 2. The van der Waals surface area contributed by atoms with Crippen LogP contribution in [0.2, 0.25) is 0 Å². The van der Waals surface area contributed by atoms with Crippen LogP contribution in [0.3, 0.4) is 0 Å². The van der Waals surface area contributed by atoms with E-state index in [1.54, 1.807) is 0 Å². The van der Waals surface area contributed by atoms with Gasteiger partial charge in [0.05, 0.1) is 32.5 Å². The highest BCUT2D eigenvalue weighted by Crippen LogP contribution is 2.17. The summed E-state index contributed by atoms with van der Waals surface area (Å²) in [6.07, 6.45) is 0.325. The molecule has 2 aromatic rings. The van der Waals surface area contributed by atoms with Crippen molar-refractivity contribution in [2.24, 2.45) is 5.92 Å².